The lowest BCUT2D eigenvalue weighted by atomic mass is 9.84. The highest BCUT2D eigenvalue weighted by Gasteiger charge is 2.49. The number of hydrogen-bond donors (Lipinski definition) is 2. The highest BCUT2D eigenvalue weighted by Crippen LogP contribution is 2.47. The van der Waals surface area contributed by atoms with Crippen LogP contribution in [0.25, 0.3) is 0 Å². The van der Waals surface area contributed by atoms with Crippen LogP contribution in [0.15, 0.2) is 24.3 Å². The standard InChI is InChI=1S/C18H22ClN3O2/c19-12-2-1-3-13(9-12)22-7-6-14(18(22)24)21-17(23)15-10-4-5-11(8-10)16(15)20/h1-3,9-11,14-16H,4-8,20H2,(H,21,23). The van der Waals surface area contributed by atoms with Gasteiger partial charge in [0.1, 0.15) is 6.04 Å². The summed E-state index contributed by atoms with van der Waals surface area (Å²) in [6.07, 6.45) is 3.91. The van der Waals surface area contributed by atoms with Gasteiger partial charge < -0.3 is 16.0 Å². The summed E-state index contributed by atoms with van der Waals surface area (Å²) in [5, 5.41) is 3.55. The van der Waals surface area contributed by atoms with E-state index in [9.17, 15) is 9.59 Å². The summed E-state index contributed by atoms with van der Waals surface area (Å²) in [5.41, 5.74) is 7.02. The van der Waals surface area contributed by atoms with E-state index in [1.165, 1.54) is 0 Å². The molecule has 1 aromatic rings. The van der Waals surface area contributed by atoms with Gasteiger partial charge in [-0.2, -0.15) is 0 Å². The van der Waals surface area contributed by atoms with Crippen LogP contribution in [0.5, 0.6) is 0 Å². The number of carbonyl (C=O) groups excluding carboxylic acids is 2. The van der Waals surface area contributed by atoms with Crippen LogP contribution < -0.4 is 16.0 Å². The first-order chi connectivity index (χ1) is 11.5. The van der Waals surface area contributed by atoms with E-state index >= 15 is 0 Å². The van der Waals surface area contributed by atoms with Crippen molar-refractivity contribution in [3.63, 3.8) is 0 Å². The van der Waals surface area contributed by atoms with E-state index in [-0.39, 0.29) is 23.8 Å². The Bertz CT molecular complexity index is 678. The molecule has 2 bridgehead atoms. The van der Waals surface area contributed by atoms with Gasteiger partial charge in [0.05, 0.1) is 5.92 Å². The number of amides is 2. The third-order valence-electron chi connectivity index (χ3n) is 5.93. The Kier molecular flexibility index (Phi) is 4.01. The minimum absolute atomic E-state index is 0.0407. The monoisotopic (exact) mass is 347 g/mol. The smallest absolute Gasteiger partial charge is 0.249 e. The van der Waals surface area contributed by atoms with Crippen molar-refractivity contribution in [1.29, 1.82) is 0 Å². The zero-order valence-electron chi connectivity index (χ0n) is 13.5. The molecular weight excluding hydrogens is 326 g/mol. The molecule has 5 unspecified atom stereocenters. The second kappa shape index (κ2) is 6.05. The molecule has 2 amide bonds. The number of carbonyl (C=O) groups is 2. The third-order valence-corrected chi connectivity index (χ3v) is 6.16. The fourth-order valence-electron chi connectivity index (χ4n) is 4.71. The van der Waals surface area contributed by atoms with Gasteiger partial charge in [-0.25, -0.2) is 0 Å². The van der Waals surface area contributed by atoms with Gasteiger partial charge in [0.25, 0.3) is 0 Å². The molecule has 5 atom stereocenters. The van der Waals surface area contributed by atoms with Gasteiger partial charge in [-0.1, -0.05) is 17.7 Å². The summed E-state index contributed by atoms with van der Waals surface area (Å²) in [6.45, 7) is 0.590. The van der Waals surface area contributed by atoms with Crippen LogP contribution in [-0.4, -0.2) is 30.4 Å². The lowest BCUT2D eigenvalue weighted by Crippen LogP contribution is -2.50. The number of fused-ring (bicyclic) bond motifs is 2. The van der Waals surface area contributed by atoms with Crippen LogP contribution in [0.4, 0.5) is 5.69 Å². The highest BCUT2D eigenvalue weighted by atomic mass is 35.5. The molecule has 0 aromatic heterocycles. The number of nitrogens with one attached hydrogen (secondary N) is 1. The number of nitrogens with two attached hydrogens (primary N) is 1. The minimum atomic E-state index is -0.456. The molecule has 24 heavy (non-hydrogen) atoms. The lowest BCUT2D eigenvalue weighted by Gasteiger charge is -2.28. The molecule has 1 aliphatic heterocycles. The summed E-state index contributed by atoms with van der Waals surface area (Å²) in [5.74, 6) is 0.638. The van der Waals surface area contributed by atoms with Crippen molar-refractivity contribution in [2.45, 2.75) is 37.8 Å². The van der Waals surface area contributed by atoms with Crippen molar-refractivity contribution in [3.05, 3.63) is 29.3 Å². The molecule has 1 aromatic carbocycles. The molecule has 6 heteroatoms. The zero-order valence-corrected chi connectivity index (χ0v) is 14.2. The van der Waals surface area contributed by atoms with Crippen LogP contribution in [0.1, 0.15) is 25.7 Å². The largest absolute Gasteiger partial charge is 0.344 e. The van der Waals surface area contributed by atoms with Gasteiger partial charge >= 0.3 is 0 Å². The van der Waals surface area contributed by atoms with E-state index < -0.39 is 6.04 Å². The minimum Gasteiger partial charge on any atom is -0.344 e. The second-order valence-electron chi connectivity index (χ2n) is 7.26. The van der Waals surface area contributed by atoms with Crippen molar-refractivity contribution in [2.24, 2.45) is 23.5 Å². The second-order valence-corrected chi connectivity index (χ2v) is 7.69. The van der Waals surface area contributed by atoms with Crippen molar-refractivity contribution >= 4 is 29.1 Å². The van der Waals surface area contributed by atoms with E-state index in [0.29, 0.717) is 29.8 Å². The molecule has 3 fully saturated rings. The molecule has 0 spiro atoms. The van der Waals surface area contributed by atoms with E-state index in [2.05, 4.69) is 5.32 Å². The lowest BCUT2D eigenvalue weighted by molar-refractivity contribution is -0.130. The van der Waals surface area contributed by atoms with Crippen LogP contribution >= 0.6 is 11.6 Å². The van der Waals surface area contributed by atoms with Gasteiger partial charge in [-0.15, -0.1) is 0 Å². The molecular formula is C18H22ClN3O2. The highest BCUT2D eigenvalue weighted by molar-refractivity contribution is 6.31. The summed E-state index contributed by atoms with van der Waals surface area (Å²) >= 11 is 6.01. The Morgan fingerprint density at radius 2 is 2.04 bits per heavy atom. The van der Waals surface area contributed by atoms with Crippen LogP contribution in [0.2, 0.25) is 5.02 Å². The van der Waals surface area contributed by atoms with Gasteiger partial charge in [-0.3, -0.25) is 9.59 Å². The third kappa shape index (κ3) is 2.60. The van der Waals surface area contributed by atoms with Gasteiger partial charge in [0.15, 0.2) is 0 Å². The maximum absolute atomic E-state index is 12.7. The molecule has 0 radical (unpaired) electrons. The first kappa shape index (κ1) is 15.9. The molecule has 3 aliphatic rings. The van der Waals surface area contributed by atoms with Crippen LogP contribution in [-0.2, 0) is 9.59 Å². The maximum atomic E-state index is 12.7. The summed E-state index contributed by atoms with van der Waals surface area (Å²) in [7, 11) is 0. The average molecular weight is 348 g/mol. The van der Waals surface area contributed by atoms with Gasteiger partial charge in [0.2, 0.25) is 11.8 Å². The maximum Gasteiger partial charge on any atom is 0.249 e. The Labute approximate surface area is 146 Å². The van der Waals surface area contributed by atoms with E-state index in [4.69, 9.17) is 17.3 Å². The van der Waals surface area contributed by atoms with Gasteiger partial charge in [0, 0.05) is 23.3 Å². The summed E-state index contributed by atoms with van der Waals surface area (Å²) < 4.78 is 0. The number of halogens is 1. The van der Waals surface area contributed by atoms with Gasteiger partial charge in [-0.05, 0) is 55.7 Å². The van der Waals surface area contributed by atoms with Crippen LogP contribution in [0, 0.1) is 17.8 Å². The van der Waals surface area contributed by atoms with Crippen molar-refractivity contribution in [1.82, 2.24) is 5.32 Å². The normalized spacial score (nSPS) is 34.8. The van der Waals surface area contributed by atoms with Crippen molar-refractivity contribution in [2.75, 3.05) is 11.4 Å². The predicted octanol–water partition coefficient (Wildman–Crippen LogP) is 1.93. The molecule has 4 rings (SSSR count). The number of anilines is 1. The molecule has 5 nitrogen and oxygen atoms in total. The predicted molar refractivity (Wildman–Crippen MR) is 92.6 cm³/mol. The quantitative estimate of drug-likeness (QED) is 0.877. The molecule has 3 N–H and O–H groups in total. The molecule has 2 aliphatic carbocycles. The Balaban J connectivity index is 1.43. The zero-order chi connectivity index (χ0) is 16.8. The summed E-state index contributed by atoms with van der Waals surface area (Å²) in [4.78, 5) is 27.0. The Morgan fingerprint density at radius 3 is 2.75 bits per heavy atom. The number of benzene rings is 1. The molecule has 2 saturated carbocycles. The van der Waals surface area contributed by atoms with Crippen LogP contribution in [0.3, 0.4) is 0 Å². The average Bonchev–Trinajstić information content (AvgIpc) is 3.23. The van der Waals surface area contributed by atoms with E-state index in [1.54, 1.807) is 17.0 Å². The number of nitrogens with zero attached hydrogens (tertiary/aromatic N) is 1. The van der Waals surface area contributed by atoms with Crippen molar-refractivity contribution < 1.29 is 9.59 Å². The van der Waals surface area contributed by atoms with E-state index in [1.807, 2.05) is 12.1 Å². The fraction of sp³-hybridized carbons (Fsp3) is 0.556. The van der Waals surface area contributed by atoms with Crippen molar-refractivity contribution in [3.8, 4) is 0 Å². The topological polar surface area (TPSA) is 75.4 Å². The number of rotatable bonds is 3. The SMILES string of the molecule is NC1C2CCC(C2)C1C(=O)NC1CCN(c2cccc(Cl)c2)C1=O. The first-order valence-corrected chi connectivity index (χ1v) is 9.05. The number of hydrogen-bond acceptors (Lipinski definition) is 3. The Hall–Kier alpha value is -1.59. The summed E-state index contributed by atoms with van der Waals surface area (Å²) in [6, 6.07) is 6.73. The van der Waals surface area contributed by atoms with E-state index in [0.717, 1.165) is 24.9 Å². The molecule has 1 heterocycles. The molecule has 1 saturated heterocycles. The Morgan fingerprint density at radius 1 is 1.25 bits per heavy atom. The molecule has 128 valence electrons. The fourth-order valence-corrected chi connectivity index (χ4v) is 4.89. The first-order valence-electron chi connectivity index (χ1n) is 8.67.